The fourth-order valence-corrected chi connectivity index (χ4v) is 1.97. The van der Waals surface area contributed by atoms with Crippen LogP contribution in [0.1, 0.15) is 34.8 Å². The van der Waals surface area contributed by atoms with Crippen LogP contribution in [-0.4, -0.2) is 17.4 Å². The van der Waals surface area contributed by atoms with E-state index in [-0.39, 0.29) is 5.91 Å². The van der Waals surface area contributed by atoms with Crippen molar-refractivity contribution in [2.45, 2.75) is 27.2 Å². The molecule has 0 fully saturated rings. The number of rotatable bonds is 5. The number of nitrogens with one attached hydrogen (secondary N) is 2. The van der Waals surface area contributed by atoms with Crippen molar-refractivity contribution in [1.29, 1.82) is 0 Å². The molecule has 110 valence electrons. The van der Waals surface area contributed by atoms with Crippen LogP contribution in [0.15, 0.2) is 36.5 Å². The molecular formula is C17H21N3O. The first-order valence-corrected chi connectivity index (χ1v) is 7.19. The maximum atomic E-state index is 12.2. The van der Waals surface area contributed by atoms with Gasteiger partial charge in [-0.05, 0) is 49.6 Å². The standard InChI is InChI=1S/C17H21N3O/c1-4-10-18-16-9-8-14(11-19-16)17(21)20-15-7-5-6-12(2)13(15)3/h5-9,11H,4,10H2,1-3H3,(H,18,19)(H,20,21). The first-order chi connectivity index (χ1) is 10.1. The minimum atomic E-state index is -0.141. The highest BCUT2D eigenvalue weighted by Crippen LogP contribution is 2.19. The van der Waals surface area contributed by atoms with E-state index in [4.69, 9.17) is 0 Å². The van der Waals surface area contributed by atoms with Gasteiger partial charge in [0.15, 0.2) is 0 Å². The molecular weight excluding hydrogens is 262 g/mol. The molecule has 0 unspecified atom stereocenters. The van der Waals surface area contributed by atoms with Gasteiger partial charge in [-0.1, -0.05) is 19.1 Å². The lowest BCUT2D eigenvalue weighted by Crippen LogP contribution is -2.13. The van der Waals surface area contributed by atoms with E-state index in [2.05, 4.69) is 22.5 Å². The normalized spacial score (nSPS) is 10.2. The van der Waals surface area contributed by atoms with E-state index in [9.17, 15) is 4.79 Å². The lowest BCUT2D eigenvalue weighted by Gasteiger charge is -2.10. The van der Waals surface area contributed by atoms with Gasteiger partial charge in [-0.2, -0.15) is 0 Å². The molecule has 0 atom stereocenters. The van der Waals surface area contributed by atoms with Gasteiger partial charge in [0.1, 0.15) is 5.82 Å². The summed E-state index contributed by atoms with van der Waals surface area (Å²) in [6.45, 7) is 7.00. The molecule has 4 nitrogen and oxygen atoms in total. The fraction of sp³-hybridized carbons (Fsp3) is 0.294. The zero-order valence-electron chi connectivity index (χ0n) is 12.7. The number of hydrogen-bond donors (Lipinski definition) is 2. The predicted octanol–water partition coefficient (Wildman–Crippen LogP) is 3.77. The number of aromatic nitrogens is 1. The molecule has 4 heteroatoms. The molecule has 0 aliphatic carbocycles. The van der Waals surface area contributed by atoms with Gasteiger partial charge in [0.25, 0.3) is 5.91 Å². The van der Waals surface area contributed by atoms with E-state index >= 15 is 0 Å². The summed E-state index contributed by atoms with van der Waals surface area (Å²) >= 11 is 0. The van der Waals surface area contributed by atoms with Crippen molar-refractivity contribution in [2.75, 3.05) is 17.2 Å². The molecule has 1 amide bonds. The first kappa shape index (κ1) is 15.0. The van der Waals surface area contributed by atoms with Crippen molar-refractivity contribution in [2.24, 2.45) is 0 Å². The van der Waals surface area contributed by atoms with E-state index in [1.165, 1.54) is 0 Å². The van der Waals surface area contributed by atoms with Crippen LogP contribution in [0.25, 0.3) is 0 Å². The molecule has 1 aromatic heterocycles. The third-order valence-electron chi connectivity index (χ3n) is 3.43. The number of hydrogen-bond acceptors (Lipinski definition) is 3. The highest BCUT2D eigenvalue weighted by molar-refractivity contribution is 6.04. The minimum Gasteiger partial charge on any atom is -0.370 e. The van der Waals surface area contributed by atoms with Gasteiger partial charge in [0.2, 0.25) is 0 Å². The van der Waals surface area contributed by atoms with E-state index in [0.717, 1.165) is 35.6 Å². The van der Waals surface area contributed by atoms with Crippen molar-refractivity contribution in [1.82, 2.24) is 4.98 Å². The van der Waals surface area contributed by atoms with Crippen molar-refractivity contribution in [3.8, 4) is 0 Å². The third kappa shape index (κ3) is 3.81. The van der Waals surface area contributed by atoms with Crippen molar-refractivity contribution in [3.05, 3.63) is 53.2 Å². The molecule has 1 heterocycles. The highest BCUT2D eigenvalue weighted by Gasteiger charge is 2.09. The Balaban J connectivity index is 2.08. The maximum absolute atomic E-state index is 12.2. The number of aryl methyl sites for hydroxylation is 1. The number of carbonyl (C=O) groups excluding carboxylic acids is 1. The fourth-order valence-electron chi connectivity index (χ4n) is 1.97. The van der Waals surface area contributed by atoms with Crippen LogP contribution in [0.2, 0.25) is 0 Å². The number of benzene rings is 1. The van der Waals surface area contributed by atoms with E-state index in [1.54, 1.807) is 12.3 Å². The van der Waals surface area contributed by atoms with Gasteiger partial charge >= 0.3 is 0 Å². The molecule has 0 saturated heterocycles. The van der Waals surface area contributed by atoms with Crippen LogP contribution in [0.3, 0.4) is 0 Å². The maximum Gasteiger partial charge on any atom is 0.257 e. The summed E-state index contributed by atoms with van der Waals surface area (Å²) in [5.41, 5.74) is 3.64. The summed E-state index contributed by atoms with van der Waals surface area (Å²) in [7, 11) is 0. The van der Waals surface area contributed by atoms with Crippen LogP contribution >= 0.6 is 0 Å². The Hall–Kier alpha value is -2.36. The number of amides is 1. The van der Waals surface area contributed by atoms with E-state index in [0.29, 0.717) is 5.56 Å². The van der Waals surface area contributed by atoms with Crippen LogP contribution in [0, 0.1) is 13.8 Å². The monoisotopic (exact) mass is 283 g/mol. The smallest absolute Gasteiger partial charge is 0.257 e. The Bertz CT molecular complexity index is 620. The van der Waals surface area contributed by atoms with E-state index < -0.39 is 0 Å². The van der Waals surface area contributed by atoms with Gasteiger partial charge in [0.05, 0.1) is 5.56 Å². The number of carbonyl (C=O) groups is 1. The Morgan fingerprint density at radius 3 is 2.67 bits per heavy atom. The van der Waals surface area contributed by atoms with Crippen LogP contribution < -0.4 is 10.6 Å². The second-order valence-corrected chi connectivity index (χ2v) is 5.06. The predicted molar refractivity (Wildman–Crippen MR) is 86.9 cm³/mol. The summed E-state index contributed by atoms with van der Waals surface area (Å²) < 4.78 is 0. The molecule has 0 aliphatic heterocycles. The summed E-state index contributed by atoms with van der Waals surface area (Å²) in [6.07, 6.45) is 2.63. The second kappa shape index (κ2) is 6.88. The average molecular weight is 283 g/mol. The SMILES string of the molecule is CCCNc1ccc(C(=O)Nc2cccc(C)c2C)cn1. The average Bonchev–Trinajstić information content (AvgIpc) is 2.50. The summed E-state index contributed by atoms with van der Waals surface area (Å²) in [4.78, 5) is 16.5. The first-order valence-electron chi connectivity index (χ1n) is 7.19. The van der Waals surface area contributed by atoms with E-state index in [1.807, 2.05) is 38.1 Å². The van der Waals surface area contributed by atoms with Crippen molar-refractivity contribution in [3.63, 3.8) is 0 Å². The number of pyridine rings is 1. The lowest BCUT2D eigenvalue weighted by atomic mass is 10.1. The zero-order chi connectivity index (χ0) is 15.2. The molecule has 1 aromatic carbocycles. The highest BCUT2D eigenvalue weighted by atomic mass is 16.1. The molecule has 0 spiro atoms. The molecule has 2 N–H and O–H groups in total. The van der Waals surface area contributed by atoms with Crippen molar-refractivity contribution < 1.29 is 4.79 Å². The summed E-state index contributed by atoms with van der Waals surface area (Å²) in [6, 6.07) is 9.48. The van der Waals surface area contributed by atoms with Gasteiger partial charge in [0, 0.05) is 18.4 Å². The largest absolute Gasteiger partial charge is 0.370 e. The topological polar surface area (TPSA) is 54.0 Å². The Kier molecular flexibility index (Phi) is 4.93. The molecule has 0 radical (unpaired) electrons. The number of anilines is 2. The molecule has 21 heavy (non-hydrogen) atoms. The summed E-state index contributed by atoms with van der Waals surface area (Å²) in [5, 5.41) is 6.11. The molecule has 2 rings (SSSR count). The van der Waals surface area contributed by atoms with Crippen LogP contribution in [0.4, 0.5) is 11.5 Å². The summed E-state index contributed by atoms with van der Waals surface area (Å²) in [5.74, 6) is 0.651. The van der Waals surface area contributed by atoms with Gasteiger partial charge in [-0.15, -0.1) is 0 Å². The molecule has 0 aliphatic rings. The molecule has 2 aromatic rings. The molecule has 0 saturated carbocycles. The Labute approximate surface area is 125 Å². The zero-order valence-corrected chi connectivity index (χ0v) is 12.7. The third-order valence-corrected chi connectivity index (χ3v) is 3.43. The Morgan fingerprint density at radius 2 is 2.00 bits per heavy atom. The van der Waals surface area contributed by atoms with Gasteiger partial charge in [-0.3, -0.25) is 4.79 Å². The quantitative estimate of drug-likeness (QED) is 0.878. The molecule has 0 bridgehead atoms. The van der Waals surface area contributed by atoms with Crippen LogP contribution in [0.5, 0.6) is 0 Å². The van der Waals surface area contributed by atoms with Gasteiger partial charge < -0.3 is 10.6 Å². The lowest BCUT2D eigenvalue weighted by molar-refractivity contribution is 0.102. The minimum absolute atomic E-state index is 0.141. The Morgan fingerprint density at radius 1 is 1.19 bits per heavy atom. The number of nitrogens with zero attached hydrogens (tertiary/aromatic N) is 1. The van der Waals surface area contributed by atoms with Gasteiger partial charge in [-0.25, -0.2) is 4.98 Å². The van der Waals surface area contributed by atoms with Crippen LogP contribution in [-0.2, 0) is 0 Å². The second-order valence-electron chi connectivity index (χ2n) is 5.06. The van der Waals surface area contributed by atoms with Crippen molar-refractivity contribution >= 4 is 17.4 Å².